The Morgan fingerprint density at radius 2 is 1.95 bits per heavy atom. The predicted octanol–water partition coefficient (Wildman–Crippen LogP) is 2.13. The lowest BCUT2D eigenvalue weighted by molar-refractivity contribution is 0.256. The van der Waals surface area contributed by atoms with Crippen molar-refractivity contribution in [2.45, 2.75) is 19.9 Å². The van der Waals surface area contributed by atoms with Crippen LogP contribution in [0, 0.1) is 6.92 Å². The standard InChI is InChI=1S/C16H16N4O2/c1-11-5-3-4-6-13(11)22-9-12(2)20-10-19-15-14(16(20)21)17-7-8-18-15/h3-8,10,12H,9H2,1-2H3. The molecule has 0 saturated heterocycles. The SMILES string of the molecule is Cc1ccccc1OCC(C)n1cnc2nccnc2c1=O. The Morgan fingerprint density at radius 3 is 2.77 bits per heavy atom. The van der Waals surface area contributed by atoms with Gasteiger partial charge in [0.25, 0.3) is 5.56 Å². The average Bonchev–Trinajstić information content (AvgIpc) is 2.54. The number of rotatable bonds is 4. The molecule has 3 rings (SSSR count). The molecule has 22 heavy (non-hydrogen) atoms. The third kappa shape index (κ3) is 2.67. The maximum Gasteiger partial charge on any atom is 0.281 e. The number of nitrogens with zero attached hydrogens (tertiary/aromatic N) is 4. The second-order valence-electron chi connectivity index (χ2n) is 5.11. The molecule has 6 nitrogen and oxygen atoms in total. The lowest BCUT2D eigenvalue weighted by atomic mass is 10.2. The smallest absolute Gasteiger partial charge is 0.281 e. The van der Waals surface area contributed by atoms with Crippen LogP contribution in [0.25, 0.3) is 11.2 Å². The highest BCUT2D eigenvalue weighted by Crippen LogP contribution is 2.17. The summed E-state index contributed by atoms with van der Waals surface area (Å²) in [4.78, 5) is 24.7. The number of benzene rings is 1. The number of para-hydroxylation sites is 1. The number of hydrogen-bond acceptors (Lipinski definition) is 5. The fraction of sp³-hybridized carbons (Fsp3) is 0.250. The number of hydrogen-bond donors (Lipinski definition) is 0. The minimum atomic E-state index is -0.209. The molecule has 0 radical (unpaired) electrons. The fourth-order valence-corrected chi connectivity index (χ4v) is 2.19. The van der Waals surface area contributed by atoms with E-state index in [9.17, 15) is 4.79 Å². The Hall–Kier alpha value is -2.76. The highest BCUT2D eigenvalue weighted by molar-refractivity contribution is 5.66. The Labute approximate surface area is 127 Å². The molecule has 0 N–H and O–H groups in total. The van der Waals surface area contributed by atoms with Crippen molar-refractivity contribution >= 4 is 11.2 Å². The zero-order valence-electron chi connectivity index (χ0n) is 12.4. The van der Waals surface area contributed by atoms with E-state index in [1.165, 1.54) is 23.3 Å². The van der Waals surface area contributed by atoms with Crippen LogP contribution < -0.4 is 10.3 Å². The Kier molecular flexibility index (Phi) is 3.82. The highest BCUT2D eigenvalue weighted by atomic mass is 16.5. The van der Waals surface area contributed by atoms with Gasteiger partial charge in [0.05, 0.1) is 6.04 Å². The zero-order chi connectivity index (χ0) is 15.5. The summed E-state index contributed by atoms with van der Waals surface area (Å²) in [6, 6.07) is 7.62. The van der Waals surface area contributed by atoms with Gasteiger partial charge in [0.2, 0.25) is 0 Å². The molecule has 0 amide bonds. The lowest BCUT2D eigenvalue weighted by Crippen LogP contribution is -2.28. The van der Waals surface area contributed by atoms with Gasteiger partial charge >= 0.3 is 0 Å². The Balaban J connectivity index is 1.84. The molecule has 1 unspecified atom stereocenters. The van der Waals surface area contributed by atoms with Crippen LogP contribution in [-0.2, 0) is 0 Å². The van der Waals surface area contributed by atoms with E-state index in [-0.39, 0.29) is 17.1 Å². The van der Waals surface area contributed by atoms with Crippen molar-refractivity contribution in [1.29, 1.82) is 0 Å². The molecule has 0 aliphatic heterocycles. The number of aryl methyl sites for hydroxylation is 1. The van der Waals surface area contributed by atoms with Crippen molar-refractivity contribution < 1.29 is 4.74 Å². The third-order valence-electron chi connectivity index (χ3n) is 3.47. The van der Waals surface area contributed by atoms with Crippen LogP contribution in [0.1, 0.15) is 18.5 Å². The summed E-state index contributed by atoms with van der Waals surface area (Å²) in [5, 5.41) is 0. The van der Waals surface area contributed by atoms with Gasteiger partial charge in [-0.05, 0) is 25.5 Å². The maximum absolute atomic E-state index is 12.4. The molecule has 0 bridgehead atoms. The minimum absolute atomic E-state index is 0.161. The Morgan fingerprint density at radius 1 is 1.18 bits per heavy atom. The molecular weight excluding hydrogens is 280 g/mol. The molecule has 0 aliphatic rings. The van der Waals surface area contributed by atoms with Crippen LogP contribution in [0.15, 0.2) is 47.8 Å². The first kappa shape index (κ1) is 14.2. The molecule has 0 aliphatic carbocycles. The predicted molar refractivity (Wildman–Crippen MR) is 83.0 cm³/mol. The molecule has 3 aromatic rings. The molecular formula is C16H16N4O2. The molecule has 0 fully saturated rings. The molecule has 2 heterocycles. The van der Waals surface area contributed by atoms with E-state index < -0.39 is 0 Å². The second kappa shape index (κ2) is 5.93. The molecule has 1 aromatic carbocycles. The summed E-state index contributed by atoms with van der Waals surface area (Å²) in [5.41, 5.74) is 1.48. The van der Waals surface area contributed by atoms with Crippen LogP contribution >= 0.6 is 0 Å². The van der Waals surface area contributed by atoms with Gasteiger partial charge < -0.3 is 4.74 Å². The third-order valence-corrected chi connectivity index (χ3v) is 3.47. The van der Waals surface area contributed by atoms with E-state index in [2.05, 4.69) is 15.0 Å². The topological polar surface area (TPSA) is 69.9 Å². The van der Waals surface area contributed by atoms with Crippen molar-refractivity contribution in [3.63, 3.8) is 0 Å². The molecule has 1 atom stereocenters. The van der Waals surface area contributed by atoms with Crippen molar-refractivity contribution in [3.05, 3.63) is 58.9 Å². The van der Waals surface area contributed by atoms with E-state index in [4.69, 9.17) is 4.74 Å². The number of fused-ring (bicyclic) bond motifs is 1. The van der Waals surface area contributed by atoms with Gasteiger partial charge in [-0.1, -0.05) is 18.2 Å². The molecule has 6 heteroatoms. The monoisotopic (exact) mass is 296 g/mol. The molecule has 0 saturated carbocycles. The van der Waals surface area contributed by atoms with Crippen molar-refractivity contribution in [2.24, 2.45) is 0 Å². The van der Waals surface area contributed by atoms with Crippen molar-refractivity contribution in [2.75, 3.05) is 6.61 Å². The lowest BCUT2D eigenvalue weighted by Gasteiger charge is -2.16. The normalized spacial score (nSPS) is 12.3. The average molecular weight is 296 g/mol. The van der Waals surface area contributed by atoms with E-state index >= 15 is 0 Å². The fourth-order valence-electron chi connectivity index (χ4n) is 2.19. The first-order valence-electron chi connectivity index (χ1n) is 7.03. The summed E-state index contributed by atoms with van der Waals surface area (Å²) in [5.74, 6) is 0.816. The minimum Gasteiger partial charge on any atom is -0.491 e. The summed E-state index contributed by atoms with van der Waals surface area (Å²) in [7, 11) is 0. The van der Waals surface area contributed by atoms with Crippen LogP contribution in [-0.4, -0.2) is 26.1 Å². The molecule has 112 valence electrons. The van der Waals surface area contributed by atoms with Gasteiger partial charge in [-0.15, -0.1) is 0 Å². The largest absolute Gasteiger partial charge is 0.491 e. The van der Waals surface area contributed by atoms with Crippen LogP contribution in [0.2, 0.25) is 0 Å². The van der Waals surface area contributed by atoms with Gasteiger partial charge in [0.1, 0.15) is 18.7 Å². The van der Waals surface area contributed by atoms with Gasteiger partial charge in [-0.2, -0.15) is 0 Å². The van der Waals surface area contributed by atoms with E-state index in [1.807, 2.05) is 38.1 Å². The van der Waals surface area contributed by atoms with Crippen molar-refractivity contribution in [1.82, 2.24) is 19.5 Å². The van der Waals surface area contributed by atoms with Crippen LogP contribution in [0.3, 0.4) is 0 Å². The van der Waals surface area contributed by atoms with Gasteiger partial charge in [0.15, 0.2) is 11.2 Å². The van der Waals surface area contributed by atoms with Gasteiger partial charge in [-0.25, -0.2) is 15.0 Å². The van der Waals surface area contributed by atoms with Crippen LogP contribution in [0.5, 0.6) is 5.75 Å². The second-order valence-corrected chi connectivity index (χ2v) is 5.11. The summed E-state index contributed by atoms with van der Waals surface area (Å²) in [6.07, 6.45) is 4.50. The maximum atomic E-state index is 12.4. The summed E-state index contributed by atoms with van der Waals surface area (Å²) < 4.78 is 7.32. The summed E-state index contributed by atoms with van der Waals surface area (Å²) >= 11 is 0. The van der Waals surface area contributed by atoms with Gasteiger partial charge in [-0.3, -0.25) is 9.36 Å². The first-order valence-corrected chi connectivity index (χ1v) is 7.03. The van der Waals surface area contributed by atoms with Gasteiger partial charge in [0, 0.05) is 12.4 Å². The molecule has 0 spiro atoms. The van der Waals surface area contributed by atoms with E-state index in [0.717, 1.165) is 11.3 Å². The Bertz CT molecular complexity index is 860. The summed E-state index contributed by atoms with van der Waals surface area (Å²) in [6.45, 7) is 4.26. The van der Waals surface area contributed by atoms with E-state index in [0.29, 0.717) is 12.3 Å². The quantitative estimate of drug-likeness (QED) is 0.737. The molecule has 2 aromatic heterocycles. The first-order chi connectivity index (χ1) is 10.7. The van der Waals surface area contributed by atoms with E-state index in [1.54, 1.807) is 0 Å². The zero-order valence-corrected chi connectivity index (χ0v) is 12.4. The number of aromatic nitrogens is 4. The number of ether oxygens (including phenoxy) is 1. The van der Waals surface area contributed by atoms with Crippen LogP contribution in [0.4, 0.5) is 0 Å². The van der Waals surface area contributed by atoms with Crippen molar-refractivity contribution in [3.8, 4) is 5.75 Å². The highest BCUT2D eigenvalue weighted by Gasteiger charge is 2.12.